The third-order valence-corrected chi connectivity index (χ3v) is 6.79. The van der Waals surface area contributed by atoms with Gasteiger partial charge in [-0.3, -0.25) is 0 Å². The maximum absolute atomic E-state index is 12.3. The number of nitrogens with one attached hydrogen (secondary N) is 1. The van der Waals surface area contributed by atoms with Crippen LogP contribution in [0.5, 0.6) is 5.88 Å². The van der Waals surface area contributed by atoms with Crippen LogP contribution in [0.15, 0.2) is 42.7 Å². The minimum Gasteiger partial charge on any atom is -0.473 e. The Kier molecular flexibility index (Phi) is 6.12. The van der Waals surface area contributed by atoms with E-state index in [0.717, 1.165) is 34.8 Å². The lowest BCUT2D eigenvalue weighted by Gasteiger charge is -2.35. The number of rotatable bonds is 5. The lowest BCUT2D eigenvalue weighted by molar-refractivity contribution is 0.0270. The van der Waals surface area contributed by atoms with E-state index in [1.54, 1.807) is 28.6 Å². The molecular weight excluding hydrogens is 450 g/mol. The van der Waals surface area contributed by atoms with Crippen LogP contribution in [0.25, 0.3) is 15.8 Å². The summed E-state index contributed by atoms with van der Waals surface area (Å²) in [6.07, 6.45) is 7.61. The number of aromatic nitrogens is 3. The first-order valence-electron chi connectivity index (χ1n) is 11.6. The van der Waals surface area contributed by atoms with E-state index < -0.39 is 5.60 Å². The number of benzene rings is 1. The van der Waals surface area contributed by atoms with Gasteiger partial charge in [0, 0.05) is 44.4 Å². The van der Waals surface area contributed by atoms with E-state index in [-0.39, 0.29) is 12.2 Å². The average Bonchev–Trinajstić information content (AvgIpc) is 3.19. The number of ether oxygens (including phenoxy) is 2. The molecule has 178 valence electrons. The first-order valence-corrected chi connectivity index (χ1v) is 12.4. The number of hydrogen-bond acceptors (Lipinski definition) is 8. The highest BCUT2D eigenvalue weighted by Crippen LogP contribution is 2.34. The van der Waals surface area contributed by atoms with E-state index in [0.29, 0.717) is 31.4 Å². The smallest absolute Gasteiger partial charge is 0.410 e. The molecule has 1 fully saturated rings. The van der Waals surface area contributed by atoms with Gasteiger partial charge < -0.3 is 19.7 Å². The van der Waals surface area contributed by atoms with Crippen molar-refractivity contribution >= 4 is 38.4 Å². The Balaban J connectivity index is 1.17. The zero-order valence-electron chi connectivity index (χ0n) is 19.7. The number of anilines is 1. The van der Waals surface area contributed by atoms with E-state index in [1.165, 1.54) is 4.70 Å². The summed E-state index contributed by atoms with van der Waals surface area (Å²) in [4.78, 5) is 27.7. The number of nitrogens with zero attached hydrogens (tertiary/aromatic N) is 4. The molecule has 2 aromatic heterocycles. The first kappa shape index (κ1) is 22.6. The van der Waals surface area contributed by atoms with Crippen LogP contribution >= 0.6 is 11.3 Å². The van der Waals surface area contributed by atoms with Gasteiger partial charge >= 0.3 is 6.09 Å². The van der Waals surface area contributed by atoms with Crippen LogP contribution in [-0.2, 0) is 4.74 Å². The molecule has 3 heterocycles. The molecule has 34 heavy (non-hydrogen) atoms. The van der Waals surface area contributed by atoms with Gasteiger partial charge in [0.2, 0.25) is 5.88 Å². The third-order valence-electron chi connectivity index (χ3n) is 5.82. The molecule has 0 bridgehead atoms. The average molecular weight is 480 g/mol. The zero-order valence-corrected chi connectivity index (χ0v) is 20.5. The normalized spacial score (nSPS) is 20.4. The second-order valence-electron chi connectivity index (χ2n) is 9.66. The first-order chi connectivity index (χ1) is 16.3. The highest BCUT2D eigenvalue weighted by Gasteiger charge is 2.33. The van der Waals surface area contributed by atoms with E-state index in [9.17, 15) is 4.79 Å². The molecule has 1 amide bonds. The van der Waals surface area contributed by atoms with E-state index in [4.69, 9.17) is 9.47 Å². The molecule has 0 spiro atoms. The van der Waals surface area contributed by atoms with Gasteiger partial charge in [-0.1, -0.05) is 29.5 Å². The van der Waals surface area contributed by atoms with Crippen LogP contribution in [0.2, 0.25) is 0 Å². The lowest BCUT2D eigenvalue weighted by atomic mass is 9.89. The molecule has 8 nitrogen and oxygen atoms in total. The molecule has 9 heteroatoms. The number of carbonyl (C=O) groups is 1. The Bertz CT molecular complexity index is 1180. The maximum atomic E-state index is 12.3. The van der Waals surface area contributed by atoms with Gasteiger partial charge in [-0.25, -0.2) is 19.7 Å². The Morgan fingerprint density at radius 3 is 2.71 bits per heavy atom. The van der Waals surface area contributed by atoms with Crippen molar-refractivity contribution in [3.63, 3.8) is 0 Å². The van der Waals surface area contributed by atoms with Crippen LogP contribution in [0.4, 0.5) is 9.93 Å². The Morgan fingerprint density at radius 2 is 1.97 bits per heavy atom. The van der Waals surface area contributed by atoms with Crippen molar-refractivity contribution in [3.8, 4) is 5.88 Å². The van der Waals surface area contributed by atoms with E-state index in [2.05, 4.69) is 26.3 Å². The van der Waals surface area contributed by atoms with Gasteiger partial charge in [0.25, 0.3) is 0 Å². The molecule has 5 rings (SSSR count). The van der Waals surface area contributed by atoms with Gasteiger partial charge in [-0.05, 0) is 44.9 Å². The highest BCUT2D eigenvalue weighted by atomic mass is 32.1. The van der Waals surface area contributed by atoms with Gasteiger partial charge in [0.15, 0.2) is 5.13 Å². The molecule has 1 aromatic carbocycles. The predicted molar refractivity (Wildman–Crippen MR) is 133 cm³/mol. The molecule has 1 saturated carbocycles. The van der Waals surface area contributed by atoms with Crippen LogP contribution in [0.3, 0.4) is 0 Å². The second kappa shape index (κ2) is 9.21. The summed E-state index contributed by atoms with van der Waals surface area (Å²) in [5.41, 5.74) is 2.33. The van der Waals surface area contributed by atoms with Crippen LogP contribution < -0.4 is 10.1 Å². The summed E-state index contributed by atoms with van der Waals surface area (Å²) >= 11 is 1.68. The van der Waals surface area contributed by atoms with Crippen LogP contribution in [-0.4, -0.2) is 56.8 Å². The largest absolute Gasteiger partial charge is 0.473 e. The number of hydrogen-bond donors (Lipinski definition) is 1. The fraction of sp³-hybridized carbons (Fsp3) is 0.440. The summed E-state index contributed by atoms with van der Waals surface area (Å²) in [6, 6.07) is 8.50. The summed E-state index contributed by atoms with van der Waals surface area (Å²) in [7, 11) is 0. The third kappa shape index (κ3) is 5.14. The van der Waals surface area contributed by atoms with E-state index >= 15 is 0 Å². The van der Waals surface area contributed by atoms with Gasteiger partial charge in [-0.2, -0.15) is 0 Å². The van der Waals surface area contributed by atoms with Gasteiger partial charge in [-0.15, -0.1) is 0 Å². The van der Waals surface area contributed by atoms with Crippen molar-refractivity contribution in [2.45, 2.75) is 57.8 Å². The van der Waals surface area contributed by atoms with Crippen molar-refractivity contribution < 1.29 is 14.3 Å². The van der Waals surface area contributed by atoms with Crippen LogP contribution in [0, 0.1) is 0 Å². The molecule has 2 aliphatic rings. The summed E-state index contributed by atoms with van der Waals surface area (Å²) in [5, 5.41) is 4.47. The van der Waals surface area contributed by atoms with Crippen molar-refractivity contribution in [1.29, 1.82) is 0 Å². The van der Waals surface area contributed by atoms with Crippen molar-refractivity contribution in [3.05, 3.63) is 48.4 Å². The van der Waals surface area contributed by atoms with Crippen molar-refractivity contribution in [1.82, 2.24) is 19.9 Å². The van der Waals surface area contributed by atoms with E-state index in [1.807, 2.05) is 45.0 Å². The van der Waals surface area contributed by atoms with Gasteiger partial charge in [0.05, 0.1) is 10.2 Å². The standard InChI is InChI=1S/C25H29N5O3S/c1-25(2,3)33-24(31)30-12-8-16(9-13-30)21-22(27-11-10-26-21)32-18-14-17(15-18)28-23-29-19-6-4-5-7-20(19)34-23/h4-8,10-11,17-18H,9,12-15H2,1-3H3,(H,28,29)/t17-,18-. The van der Waals surface area contributed by atoms with Gasteiger partial charge in [0.1, 0.15) is 17.4 Å². The van der Waals surface area contributed by atoms with Crippen molar-refractivity contribution in [2.24, 2.45) is 0 Å². The summed E-state index contributed by atoms with van der Waals surface area (Å²) in [6.45, 7) is 6.68. The molecule has 1 aliphatic heterocycles. The zero-order chi connectivity index (χ0) is 23.7. The SMILES string of the molecule is CC(C)(C)OC(=O)N1CC=C(c2nccnc2O[C@H]2C[C@H](Nc3nc4ccccc4s3)C2)CC1. The highest BCUT2D eigenvalue weighted by molar-refractivity contribution is 7.22. The number of amides is 1. The Hall–Kier alpha value is -3.20. The maximum Gasteiger partial charge on any atom is 0.410 e. The monoisotopic (exact) mass is 479 g/mol. The lowest BCUT2D eigenvalue weighted by Crippen LogP contribution is -2.42. The Labute approximate surface area is 203 Å². The quantitative estimate of drug-likeness (QED) is 0.542. The molecular formula is C25H29N5O3S. The number of para-hydroxylation sites is 1. The molecule has 0 radical (unpaired) electrons. The Morgan fingerprint density at radius 1 is 1.18 bits per heavy atom. The second-order valence-corrected chi connectivity index (χ2v) is 10.7. The minimum atomic E-state index is -0.504. The summed E-state index contributed by atoms with van der Waals surface area (Å²) in [5.74, 6) is 0.558. The fourth-order valence-electron chi connectivity index (χ4n) is 4.05. The topological polar surface area (TPSA) is 89.5 Å². The van der Waals surface area contributed by atoms with Crippen molar-refractivity contribution in [2.75, 3.05) is 18.4 Å². The molecule has 3 aromatic rings. The molecule has 1 aliphatic carbocycles. The molecule has 0 unspecified atom stereocenters. The summed E-state index contributed by atoms with van der Waals surface area (Å²) < 4.78 is 12.9. The molecule has 0 saturated heterocycles. The molecule has 0 atom stereocenters. The molecule has 1 N–H and O–H groups in total. The number of carbonyl (C=O) groups excluding carboxylic acids is 1. The number of thiazole rings is 1. The van der Waals surface area contributed by atoms with Crippen LogP contribution in [0.1, 0.15) is 45.7 Å². The predicted octanol–water partition coefficient (Wildman–Crippen LogP) is 5.13. The minimum absolute atomic E-state index is 0.0878. The fourth-order valence-corrected chi connectivity index (χ4v) is 5.00. The number of fused-ring (bicyclic) bond motifs is 1.